The van der Waals surface area contributed by atoms with E-state index in [1.165, 1.54) is 0 Å². The molecule has 2 aliphatic rings. The standard InChI is InChI=1S/C29H34Cl2N2O5/c1-5-22(16-32-17-28(2,3)38-27(32)37)33-25(18-9-11-20(30)12-10-18)23(19-7-6-8-21(31)13-19)14-29(4,26(33)36)15-24(34)35/h6-13,22-23,25H,5,14-17H2,1-4H3,(H,34,35)/t22-,23?,25+,29+/m0/s1. The molecule has 2 heterocycles. The summed E-state index contributed by atoms with van der Waals surface area (Å²) >= 11 is 12.6. The first kappa shape index (κ1) is 28.2. The van der Waals surface area contributed by atoms with Gasteiger partial charge in [-0.3, -0.25) is 9.59 Å². The number of carboxylic acids is 1. The van der Waals surface area contributed by atoms with Gasteiger partial charge in [0, 0.05) is 28.5 Å². The fourth-order valence-electron chi connectivity index (χ4n) is 5.95. The largest absolute Gasteiger partial charge is 0.481 e. The van der Waals surface area contributed by atoms with Crippen molar-refractivity contribution in [2.75, 3.05) is 13.1 Å². The van der Waals surface area contributed by atoms with E-state index < -0.39 is 29.1 Å². The fourth-order valence-corrected chi connectivity index (χ4v) is 6.27. The number of likely N-dealkylation sites (tertiary alicyclic amines) is 1. The first-order valence-electron chi connectivity index (χ1n) is 12.9. The lowest BCUT2D eigenvalue weighted by atomic mass is 9.67. The third kappa shape index (κ3) is 5.79. The number of aliphatic carboxylic acids is 1. The van der Waals surface area contributed by atoms with E-state index >= 15 is 0 Å². The Labute approximate surface area is 233 Å². The number of amides is 2. The van der Waals surface area contributed by atoms with Gasteiger partial charge in [-0.15, -0.1) is 0 Å². The van der Waals surface area contributed by atoms with Crippen LogP contribution in [0.3, 0.4) is 0 Å². The summed E-state index contributed by atoms with van der Waals surface area (Å²) in [5.74, 6) is -1.52. The van der Waals surface area contributed by atoms with Crippen LogP contribution >= 0.6 is 23.2 Å². The summed E-state index contributed by atoms with van der Waals surface area (Å²) in [5, 5.41) is 10.9. The SMILES string of the molecule is CC[C@@H](CN1CC(C)(C)OC1=O)N1C(=O)[C@@](C)(CC(=O)O)CC(c2cccc(Cl)c2)[C@H]1c1ccc(Cl)cc1. The maximum absolute atomic E-state index is 14.3. The minimum absolute atomic E-state index is 0.239. The van der Waals surface area contributed by atoms with Gasteiger partial charge in [0.15, 0.2) is 0 Å². The van der Waals surface area contributed by atoms with E-state index in [0.29, 0.717) is 29.4 Å². The summed E-state index contributed by atoms with van der Waals surface area (Å²) in [6.07, 6.45) is 0.172. The monoisotopic (exact) mass is 560 g/mol. The van der Waals surface area contributed by atoms with E-state index in [1.807, 2.05) is 56.0 Å². The van der Waals surface area contributed by atoms with Gasteiger partial charge < -0.3 is 19.6 Å². The highest BCUT2D eigenvalue weighted by Crippen LogP contribution is 2.52. The molecule has 4 atom stereocenters. The molecular formula is C29H34Cl2N2O5. The summed E-state index contributed by atoms with van der Waals surface area (Å²) in [5.41, 5.74) is 0.0221. The maximum atomic E-state index is 14.3. The number of rotatable bonds is 8. The molecule has 2 amide bonds. The van der Waals surface area contributed by atoms with Crippen molar-refractivity contribution in [1.82, 2.24) is 9.80 Å². The number of benzene rings is 2. The maximum Gasteiger partial charge on any atom is 0.410 e. The van der Waals surface area contributed by atoms with Gasteiger partial charge in [-0.25, -0.2) is 4.79 Å². The molecule has 0 radical (unpaired) electrons. The van der Waals surface area contributed by atoms with Crippen LogP contribution in [0.5, 0.6) is 0 Å². The molecule has 0 spiro atoms. The molecule has 0 bridgehead atoms. The second-order valence-electron chi connectivity index (χ2n) is 11.3. The normalized spacial score (nSPS) is 25.8. The second-order valence-corrected chi connectivity index (χ2v) is 12.1. The van der Waals surface area contributed by atoms with Crippen molar-refractivity contribution >= 4 is 41.2 Å². The number of ether oxygens (including phenoxy) is 1. The van der Waals surface area contributed by atoms with Crippen molar-refractivity contribution in [3.05, 3.63) is 69.7 Å². The third-order valence-corrected chi connectivity index (χ3v) is 8.11. The minimum Gasteiger partial charge on any atom is -0.481 e. The lowest BCUT2D eigenvalue weighted by molar-refractivity contribution is -0.161. The molecule has 204 valence electrons. The minimum atomic E-state index is -1.15. The Balaban J connectivity index is 1.86. The molecule has 0 aromatic heterocycles. The average Bonchev–Trinajstić information content (AvgIpc) is 3.10. The molecule has 2 aliphatic heterocycles. The summed E-state index contributed by atoms with van der Waals surface area (Å²) in [6, 6.07) is 14.1. The van der Waals surface area contributed by atoms with Crippen molar-refractivity contribution < 1.29 is 24.2 Å². The van der Waals surface area contributed by atoms with Crippen LogP contribution in [-0.2, 0) is 14.3 Å². The molecule has 2 saturated heterocycles. The van der Waals surface area contributed by atoms with Crippen LogP contribution in [0, 0.1) is 5.41 Å². The number of carbonyl (C=O) groups is 3. The van der Waals surface area contributed by atoms with E-state index in [-0.39, 0.29) is 30.8 Å². The first-order valence-corrected chi connectivity index (χ1v) is 13.6. The van der Waals surface area contributed by atoms with Gasteiger partial charge in [0.1, 0.15) is 5.60 Å². The topological polar surface area (TPSA) is 87.2 Å². The van der Waals surface area contributed by atoms with E-state index in [1.54, 1.807) is 30.0 Å². The highest BCUT2D eigenvalue weighted by atomic mass is 35.5. The van der Waals surface area contributed by atoms with Crippen LogP contribution in [0.25, 0.3) is 0 Å². The van der Waals surface area contributed by atoms with Crippen LogP contribution in [0.2, 0.25) is 10.0 Å². The molecule has 0 aliphatic carbocycles. The molecule has 1 unspecified atom stereocenters. The number of nitrogens with zero attached hydrogens (tertiary/aromatic N) is 2. The zero-order valence-corrected chi connectivity index (χ0v) is 23.6. The fraction of sp³-hybridized carbons (Fsp3) is 0.483. The molecule has 2 aromatic carbocycles. The number of cyclic esters (lactones) is 1. The zero-order chi connectivity index (χ0) is 27.8. The van der Waals surface area contributed by atoms with Crippen molar-refractivity contribution in [1.29, 1.82) is 0 Å². The lowest BCUT2D eigenvalue weighted by Gasteiger charge is -2.52. The van der Waals surface area contributed by atoms with E-state index in [4.69, 9.17) is 27.9 Å². The van der Waals surface area contributed by atoms with Gasteiger partial charge in [0.2, 0.25) is 5.91 Å². The van der Waals surface area contributed by atoms with Gasteiger partial charge in [0.25, 0.3) is 0 Å². The number of carboxylic acid groups (broad SMARTS) is 1. The van der Waals surface area contributed by atoms with Gasteiger partial charge in [-0.2, -0.15) is 0 Å². The van der Waals surface area contributed by atoms with E-state index in [0.717, 1.165) is 11.1 Å². The Kier molecular flexibility index (Phi) is 8.01. The summed E-state index contributed by atoms with van der Waals surface area (Å²) < 4.78 is 5.52. The number of halogens is 2. The van der Waals surface area contributed by atoms with Gasteiger partial charge >= 0.3 is 12.1 Å². The van der Waals surface area contributed by atoms with Crippen LogP contribution in [-0.4, -0.2) is 57.6 Å². The first-order chi connectivity index (χ1) is 17.8. The van der Waals surface area contributed by atoms with E-state index in [2.05, 4.69) is 0 Å². The Morgan fingerprint density at radius 2 is 1.76 bits per heavy atom. The Hall–Kier alpha value is -2.77. The zero-order valence-electron chi connectivity index (χ0n) is 22.1. The van der Waals surface area contributed by atoms with E-state index in [9.17, 15) is 19.5 Å². The Morgan fingerprint density at radius 1 is 1.08 bits per heavy atom. The van der Waals surface area contributed by atoms with Crippen molar-refractivity contribution in [2.45, 2.75) is 70.6 Å². The van der Waals surface area contributed by atoms with Crippen LogP contribution in [0.4, 0.5) is 4.79 Å². The number of hydrogen-bond donors (Lipinski definition) is 1. The molecule has 7 nitrogen and oxygen atoms in total. The van der Waals surface area contributed by atoms with Gasteiger partial charge in [0.05, 0.1) is 24.4 Å². The smallest absolute Gasteiger partial charge is 0.410 e. The second kappa shape index (κ2) is 10.8. The number of piperidine rings is 1. The quantitative estimate of drug-likeness (QED) is 0.396. The van der Waals surface area contributed by atoms with Gasteiger partial charge in [-0.05, 0) is 62.1 Å². The third-order valence-electron chi connectivity index (χ3n) is 7.62. The van der Waals surface area contributed by atoms with Gasteiger partial charge in [-0.1, -0.05) is 61.3 Å². The molecule has 38 heavy (non-hydrogen) atoms. The molecule has 1 N–H and O–H groups in total. The summed E-state index contributed by atoms with van der Waals surface area (Å²) in [6.45, 7) is 8.09. The average molecular weight is 562 g/mol. The van der Waals surface area contributed by atoms with Crippen LogP contribution < -0.4 is 0 Å². The predicted molar refractivity (Wildman–Crippen MR) is 146 cm³/mol. The summed E-state index contributed by atoms with van der Waals surface area (Å²) in [7, 11) is 0. The highest BCUT2D eigenvalue weighted by Gasteiger charge is 2.53. The summed E-state index contributed by atoms with van der Waals surface area (Å²) in [4.78, 5) is 42.4. The predicted octanol–water partition coefficient (Wildman–Crippen LogP) is 6.54. The Morgan fingerprint density at radius 3 is 2.32 bits per heavy atom. The van der Waals surface area contributed by atoms with Crippen molar-refractivity contribution in [2.24, 2.45) is 5.41 Å². The molecule has 4 rings (SSSR count). The number of hydrogen-bond acceptors (Lipinski definition) is 4. The van der Waals surface area contributed by atoms with Crippen molar-refractivity contribution in [3.8, 4) is 0 Å². The lowest BCUT2D eigenvalue weighted by Crippen LogP contribution is -2.58. The highest BCUT2D eigenvalue weighted by molar-refractivity contribution is 6.30. The molecule has 9 heteroatoms. The molecular weight excluding hydrogens is 527 g/mol. The van der Waals surface area contributed by atoms with Crippen LogP contribution in [0.1, 0.15) is 70.0 Å². The molecule has 0 saturated carbocycles. The van der Waals surface area contributed by atoms with Crippen LogP contribution in [0.15, 0.2) is 48.5 Å². The molecule has 2 aromatic rings. The number of carbonyl (C=O) groups excluding carboxylic acids is 2. The van der Waals surface area contributed by atoms with Crippen molar-refractivity contribution in [3.63, 3.8) is 0 Å². The Bertz CT molecular complexity index is 1220. The molecule has 2 fully saturated rings.